The van der Waals surface area contributed by atoms with Crippen molar-refractivity contribution < 1.29 is 33.6 Å². The second-order valence-electron chi connectivity index (χ2n) is 5.02. The van der Waals surface area contributed by atoms with Crippen molar-refractivity contribution in [1.29, 1.82) is 0 Å². The second-order valence-corrected chi connectivity index (χ2v) is 5.02. The van der Waals surface area contributed by atoms with E-state index in [1.165, 1.54) is 6.92 Å². The zero-order valence-corrected chi connectivity index (χ0v) is 11.4. The molecule has 0 amide bonds. The van der Waals surface area contributed by atoms with Crippen LogP contribution in [0.15, 0.2) is 18.2 Å². The maximum atomic E-state index is 12.6. The number of nitrogens with one attached hydrogen (secondary N) is 1. The molecule has 122 valence electrons. The fourth-order valence-corrected chi connectivity index (χ4v) is 1.98. The van der Waals surface area contributed by atoms with Crippen molar-refractivity contribution in [1.82, 2.24) is 9.97 Å². The summed E-state index contributed by atoms with van der Waals surface area (Å²) in [5.74, 6) is -0.207. The van der Waals surface area contributed by atoms with Crippen molar-refractivity contribution in [3.05, 3.63) is 29.6 Å². The number of aliphatic hydroxyl groups is 4. The summed E-state index contributed by atoms with van der Waals surface area (Å²) < 4.78 is 37.8. The van der Waals surface area contributed by atoms with Crippen LogP contribution in [0, 0.1) is 0 Å². The highest BCUT2D eigenvalue weighted by molar-refractivity contribution is 5.76. The van der Waals surface area contributed by atoms with Crippen LogP contribution in [-0.2, 0) is 6.18 Å². The van der Waals surface area contributed by atoms with Gasteiger partial charge in [0.2, 0.25) is 0 Å². The van der Waals surface area contributed by atoms with Crippen LogP contribution >= 0.6 is 0 Å². The molecule has 0 aliphatic rings. The zero-order chi connectivity index (χ0) is 16.7. The van der Waals surface area contributed by atoms with E-state index in [2.05, 4.69) is 9.97 Å². The summed E-state index contributed by atoms with van der Waals surface area (Å²) in [5.41, 5.74) is -0.694. The molecular weight excluding hydrogens is 305 g/mol. The third-order valence-corrected chi connectivity index (χ3v) is 3.28. The average Bonchev–Trinajstić information content (AvgIpc) is 2.86. The molecule has 1 aromatic heterocycles. The van der Waals surface area contributed by atoms with E-state index in [1.54, 1.807) is 0 Å². The molecule has 4 atom stereocenters. The smallest absolute Gasteiger partial charge is 0.391 e. The SMILES string of the molecule is C[C@@H](O)[C@H](O)[C@H](O)[C@@H](O)c1nc2cc(C(F)(F)F)ccc2[nH]1. The Kier molecular flexibility index (Phi) is 4.43. The fourth-order valence-electron chi connectivity index (χ4n) is 1.98. The highest BCUT2D eigenvalue weighted by Gasteiger charge is 2.33. The minimum absolute atomic E-state index is 0.0392. The van der Waals surface area contributed by atoms with Crippen LogP contribution in [0.3, 0.4) is 0 Å². The number of aromatic amines is 1. The minimum Gasteiger partial charge on any atom is -0.391 e. The Morgan fingerprint density at radius 3 is 2.27 bits per heavy atom. The highest BCUT2D eigenvalue weighted by Crippen LogP contribution is 2.31. The number of rotatable bonds is 4. The van der Waals surface area contributed by atoms with E-state index in [0.717, 1.165) is 18.2 Å². The van der Waals surface area contributed by atoms with Crippen LogP contribution in [0.1, 0.15) is 24.4 Å². The monoisotopic (exact) mass is 320 g/mol. The first kappa shape index (κ1) is 16.7. The van der Waals surface area contributed by atoms with E-state index in [-0.39, 0.29) is 16.9 Å². The van der Waals surface area contributed by atoms with E-state index in [9.17, 15) is 33.6 Å². The first-order valence-corrected chi connectivity index (χ1v) is 6.40. The predicted molar refractivity (Wildman–Crippen MR) is 69.7 cm³/mol. The topological polar surface area (TPSA) is 110 Å². The van der Waals surface area contributed by atoms with Crippen molar-refractivity contribution in [3.63, 3.8) is 0 Å². The predicted octanol–water partition coefficient (Wildman–Crippen LogP) is 0.718. The summed E-state index contributed by atoms with van der Waals surface area (Å²) in [6.45, 7) is 1.22. The van der Waals surface area contributed by atoms with Gasteiger partial charge in [-0.3, -0.25) is 0 Å². The van der Waals surface area contributed by atoms with Crippen LogP contribution in [-0.4, -0.2) is 48.7 Å². The van der Waals surface area contributed by atoms with Crippen molar-refractivity contribution in [2.24, 2.45) is 0 Å². The number of H-pyrrole nitrogens is 1. The molecule has 2 rings (SSSR count). The number of fused-ring (bicyclic) bond motifs is 1. The second kappa shape index (κ2) is 5.84. The van der Waals surface area contributed by atoms with Crippen molar-refractivity contribution in [3.8, 4) is 0 Å². The van der Waals surface area contributed by atoms with E-state index >= 15 is 0 Å². The molecule has 0 aliphatic heterocycles. The molecule has 22 heavy (non-hydrogen) atoms. The Hall–Kier alpha value is -1.68. The van der Waals surface area contributed by atoms with Crippen LogP contribution in [0.5, 0.6) is 0 Å². The number of aliphatic hydroxyl groups excluding tert-OH is 4. The standard InChI is InChI=1S/C13H15F3N2O4/c1-5(19)9(20)10(21)11(22)12-17-7-3-2-6(13(14,15)16)4-8(7)18-12/h2-5,9-11,19-22H,1H3,(H,17,18)/t5-,9+,10+,11-/m1/s1. The summed E-state index contributed by atoms with van der Waals surface area (Å²) in [6, 6.07) is 2.82. The van der Waals surface area contributed by atoms with Gasteiger partial charge in [-0.15, -0.1) is 0 Å². The number of nitrogens with zero attached hydrogens (tertiary/aromatic N) is 1. The molecule has 6 nitrogen and oxygen atoms in total. The maximum Gasteiger partial charge on any atom is 0.416 e. The molecule has 0 saturated heterocycles. The van der Waals surface area contributed by atoms with Crippen molar-refractivity contribution in [2.45, 2.75) is 37.5 Å². The fraction of sp³-hybridized carbons (Fsp3) is 0.462. The number of aromatic nitrogens is 2. The van der Waals surface area contributed by atoms with Gasteiger partial charge in [-0.2, -0.15) is 13.2 Å². The molecule has 9 heteroatoms. The summed E-state index contributed by atoms with van der Waals surface area (Å²) in [4.78, 5) is 6.36. The largest absolute Gasteiger partial charge is 0.416 e. The lowest BCUT2D eigenvalue weighted by Crippen LogP contribution is -2.39. The van der Waals surface area contributed by atoms with Gasteiger partial charge in [0.25, 0.3) is 0 Å². The van der Waals surface area contributed by atoms with Gasteiger partial charge in [-0.05, 0) is 25.1 Å². The van der Waals surface area contributed by atoms with E-state index < -0.39 is 36.2 Å². The molecule has 0 radical (unpaired) electrons. The molecule has 1 heterocycles. The third-order valence-electron chi connectivity index (χ3n) is 3.28. The molecule has 0 aliphatic carbocycles. The quantitative estimate of drug-likeness (QED) is 0.570. The number of hydrogen-bond donors (Lipinski definition) is 5. The van der Waals surface area contributed by atoms with Crippen molar-refractivity contribution in [2.75, 3.05) is 0 Å². The third kappa shape index (κ3) is 3.22. The minimum atomic E-state index is -4.52. The molecule has 2 aromatic rings. The van der Waals surface area contributed by atoms with Crippen molar-refractivity contribution >= 4 is 11.0 Å². The van der Waals surface area contributed by atoms with E-state index in [1.807, 2.05) is 0 Å². The first-order valence-electron chi connectivity index (χ1n) is 6.40. The highest BCUT2D eigenvalue weighted by atomic mass is 19.4. The molecule has 0 fully saturated rings. The molecular formula is C13H15F3N2O4. The van der Waals surface area contributed by atoms with Crippen LogP contribution < -0.4 is 0 Å². The van der Waals surface area contributed by atoms with Crippen LogP contribution in [0.2, 0.25) is 0 Å². The van der Waals surface area contributed by atoms with Gasteiger partial charge >= 0.3 is 6.18 Å². The number of imidazole rings is 1. The summed E-state index contributed by atoms with van der Waals surface area (Å²) in [7, 11) is 0. The van der Waals surface area contributed by atoms with Crippen LogP contribution in [0.4, 0.5) is 13.2 Å². The van der Waals surface area contributed by atoms with Gasteiger partial charge in [0, 0.05) is 0 Å². The van der Waals surface area contributed by atoms with E-state index in [0.29, 0.717) is 0 Å². The lowest BCUT2D eigenvalue weighted by molar-refractivity contribution is -0.137. The van der Waals surface area contributed by atoms with Gasteiger partial charge in [0.05, 0.1) is 22.7 Å². The summed E-state index contributed by atoms with van der Waals surface area (Å²) >= 11 is 0. The zero-order valence-electron chi connectivity index (χ0n) is 11.4. The van der Waals surface area contributed by atoms with Gasteiger partial charge in [0.1, 0.15) is 24.1 Å². The Bertz CT molecular complexity index is 656. The molecule has 0 spiro atoms. The molecule has 0 bridgehead atoms. The number of benzene rings is 1. The lowest BCUT2D eigenvalue weighted by Gasteiger charge is -2.23. The van der Waals surface area contributed by atoms with Crippen LogP contribution in [0.25, 0.3) is 11.0 Å². The van der Waals surface area contributed by atoms with Gasteiger partial charge in [-0.1, -0.05) is 0 Å². The molecule has 5 N–H and O–H groups in total. The summed E-state index contributed by atoms with van der Waals surface area (Å²) in [6.07, 6.45) is -10.9. The number of alkyl halides is 3. The van der Waals surface area contributed by atoms with Gasteiger partial charge < -0.3 is 25.4 Å². The molecule has 1 aromatic carbocycles. The molecule has 0 unspecified atom stereocenters. The average molecular weight is 320 g/mol. The Balaban J connectivity index is 2.33. The number of hydrogen-bond acceptors (Lipinski definition) is 5. The first-order chi connectivity index (χ1) is 10.1. The Labute approximate surface area is 122 Å². The summed E-state index contributed by atoms with van der Waals surface area (Å²) in [5, 5.41) is 38.3. The maximum absolute atomic E-state index is 12.6. The normalized spacial score (nSPS) is 18.2. The lowest BCUT2D eigenvalue weighted by atomic mass is 10.0. The van der Waals surface area contributed by atoms with E-state index in [4.69, 9.17) is 0 Å². The number of halogens is 3. The molecule has 0 saturated carbocycles. The van der Waals surface area contributed by atoms with Gasteiger partial charge in [-0.25, -0.2) is 4.98 Å². The van der Waals surface area contributed by atoms with Gasteiger partial charge in [0.15, 0.2) is 0 Å². The Morgan fingerprint density at radius 2 is 1.73 bits per heavy atom. The Morgan fingerprint density at radius 1 is 1.09 bits per heavy atom.